The van der Waals surface area contributed by atoms with Gasteiger partial charge in [-0.2, -0.15) is 0 Å². The first-order valence-electron chi connectivity index (χ1n) is 14.0. The molecule has 0 radical (unpaired) electrons. The van der Waals surface area contributed by atoms with Crippen LogP contribution in [0, 0.1) is 5.92 Å². The van der Waals surface area contributed by atoms with Crippen LogP contribution in [0.15, 0.2) is 65.6 Å². The maximum atomic E-state index is 14.1. The van der Waals surface area contributed by atoms with Crippen molar-refractivity contribution in [3.05, 3.63) is 66.2 Å². The summed E-state index contributed by atoms with van der Waals surface area (Å²) in [6, 6.07) is 6.70. The highest BCUT2D eigenvalue weighted by Crippen LogP contribution is 2.31. The Morgan fingerprint density at radius 1 is 1.27 bits per heavy atom. The van der Waals surface area contributed by atoms with Gasteiger partial charge in [-0.05, 0) is 38.3 Å². The van der Waals surface area contributed by atoms with Crippen molar-refractivity contribution < 1.29 is 18.0 Å². The van der Waals surface area contributed by atoms with Crippen LogP contribution in [0.3, 0.4) is 0 Å². The van der Waals surface area contributed by atoms with Gasteiger partial charge in [-0.1, -0.05) is 31.4 Å². The number of anilines is 1. The largest absolute Gasteiger partial charge is 0.374 e. The van der Waals surface area contributed by atoms with E-state index in [-0.39, 0.29) is 12.2 Å². The van der Waals surface area contributed by atoms with Crippen LogP contribution in [-0.2, 0) is 10.8 Å². The van der Waals surface area contributed by atoms with E-state index < -0.39 is 5.92 Å². The number of likely N-dealkylation sites (tertiary alicyclic amines) is 1. The molecule has 0 atom stereocenters. The molecule has 1 aromatic carbocycles. The molecule has 1 saturated carbocycles. The Balaban J connectivity index is 1.83. The van der Waals surface area contributed by atoms with Crippen LogP contribution < -0.4 is 15.7 Å². The van der Waals surface area contributed by atoms with Crippen LogP contribution in [-0.4, -0.2) is 81.8 Å². The second kappa shape index (κ2) is 14.7. The number of likely N-dealkylation sites (N-methyl/N-ethyl adjacent to an activating group) is 1. The summed E-state index contributed by atoms with van der Waals surface area (Å²) in [6.45, 7) is 14.9. The normalized spacial score (nSPS) is 17.3. The van der Waals surface area contributed by atoms with Crippen LogP contribution in [0.1, 0.15) is 38.7 Å². The van der Waals surface area contributed by atoms with E-state index in [0.29, 0.717) is 48.9 Å². The number of nitrogens with one attached hydrogen (secondary N) is 2. The van der Waals surface area contributed by atoms with Crippen molar-refractivity contribution >= 4 is 11.5 Å². The molecule has 1 saturated heterocycles. The number of allylic oxidation sites excluding steroid dienone is 1. The minimum Gasteiger partial charge on any atom is -0.374 e. The predicted octanol–water partition coefficient (Wildman–Crippen LogP) is 5.06. The second-order valence-electron chi connectivity index (χ2n) is 10.7. The van der Waals surface area contributed by atoms with E-state index in [1.165, 1.54) is 18.6 Å². The third-order valence-electron chi connectivity index (χ3n) is 7.63. The Labute approximate surface area is 237 Å². The molecule has 2 N–H and O–H groups in total. The van der Waals surface area contributed by atoms with Gasteiger partial charge in [0.15, 0.2) is 0 Å². The third kappa shape index (κ3) is 8.59. The molecular weight excluding hydrogens is 517 g/mol. The Bertz CT molecular complexity index is 1060. The number of alkyl halides is 3. The first kappa shape index (κ1) is 31.7. The zero-order valence-corrected chi connectivity index (χ0v) is 24.4. The number of hydrogen-bond acceptors (Lipinski definition) is 6. The molecule has 2 aliphatic rings. The van der Waals surface area contributed by atoms with Gasteiger partial charge in [0.2, 0.25) is 0 Å². The van der Waals surface area contributed by atoms with Crippen molar-refractivity contribution in [3.8, 4) is 0 Å². The maximum Gasteiger partial charge on any atom is 0.270 e. The fourth-order valence-electron chi connectivity index (χ4n) is 4.99. The summed E-state index contributed by atoms with van der Waals surface area (Å²) in [5.74, 6) is -1.46. The van der Waals surface area contributed by atoms with E-state index in [4.69, 9.17) is 9.83 Å². The minimum absolute atomic E-state index is 0.0624. The predicted molar refractivity (Wildman–Crippen MR) is 157 cm³/mol. The van der Waals surface area contributed by atoms with E-state index in [1.54, 1.807) is 25.3 Å². The van der Waals surface area contributed by atoms with Gasteiger partial charge in [-0.25, -0.2) is 23.6 Å². The molecular formula is C30H45F3N6O. The summed E-state index contributed by atoms with van der Waals surface area (Å²) in [5, 5.41) is 3.38. The van der Waals surface area contributed by atoms with Crippen molar-refractivity contribution in [1.82, 2.24) is 20.6 Å². The number of aliphatic imine (C=N–C) groups is 1. The van der Waals surface area contributed by atoms with Gasteiger partial charge in [-0.15, -0.1) is 0 Å². The first-order chi connectivity index (χ1) is 19.1. The lowest BCUT2D eigenvalue weighted by atomic mass is 9.93. The number of benzene rings is 1. The fraction of sp³-hybridized carbons (Fsp3) is 0.567. The SMILES string of the molecule is C=CC(/C(=N\C(=C)NC1CCC1)N(C)c1cccc(C(C)(F)F)c1)=C(/C)N1CC(CN(CCF)CCNOC)C1. The quantitative estimate of drug-likeness (QED) is 0.0966. The van der Waals surface area contributed by atoms with Crippen LogP contribution in [0.4, 0.5) is 18.9 Å². The molecule has 1 heterocycles. The molecule has 3 rings (SSSR count). The van der Waals surface area contributed by atoms with Gasteiger partial charge in [0.1, 0.15) is 18.3 Å². The molecule has 0 unspecified atom stereocenters. The number of hydroxylamine groups is 1. The number of halogens is 3. The Hall–Kier alpha value is -2.82. The van der Waals surface area contributed by atoms with E-state index in [0.717, 1.165) is 50.7 Å². The molecule has 1 aliphatic carbocycles. The smallest absolute Gasteiger partial charge is 0.270 e. The van der Waals surface area contributed by atoms with E-state index in [2.05, 4.69) is 33.8 Å². The molecule has 40 heavy (non-hydrogen) atoms. The molecule has 0 aromatic heterocycles. The highest BCUT2D eigenvalue weighted by molar-refractivity contribution is 6.11. The van der Waals surface area contributed by atoms with Gasteiger partial charge in [0.25, 0.3) is 5.92 Å². The highest BCUT2D eigenvalue weighted by atomic mass is 19.3. The van der Waals surface area contributed by atoms with Crippen LogP contribution in [0.2, 0.25) is 0 Å². The van der Waals surface area contributed by atoms with Gasteiger partial charge in [-0.3, -0.25) is 4.90 Å². The molecule has 0 bridgehead atoms. The van der Waals surface area contributed by atoms with E-state index in [1.807, 2.05) is 18.9 Å². The van der Waals surface area contributed by atoms with Crippen molar-refractivity contribution in [2.75, 3.05) is 65.0 Å². The van der Waals surface area contributed by atoms with Crippen molar-refractivity contribution in [1.29, 1.82) is 0 Å². The molecule has 1 aliphatic heterocycles. The topological polar surface area (TPSA) is 55.4 Å². The number of hydrogen-bond donors (Lipinski definition) is 2. The molecule has 0 amide bonds. The third-order valence-corrected chi connectivity index (χ3v) is 7.63. The lowest BCUT2D eigenvalue weighted by molar-refractivity contribution is 0.0175. The number of amidine groups is 1. The summed E-state index contributed by atoms with van der Waals surface area (Å²) >= 11 is 0. The summed E-state index contributed by atoms with van der Waals surface area (Å²) in [7, 11) is 3.39. The lowest BCUT2D eigenvalue weighted by Crippen LogP contribution is -2.51. The summed E-state index contributed by atoms with van der Waals surface area (Å²) in [4.78, 5) is 15.9. The van der Waals surface area contributed by atoms with Gasteiger partial charge < -0.3 is 20.0 Å². The Morgan fingerprint density at radius 3 is 2.58 bits per heavy atom. The number of rotatable bonds is 16. The zero-order chi connectivity index (χ0) is 29.3. The zero-order valence-electron chi connectivity index (χ0n) is 24.4. The average molecular weight is 563 g/mol. The molecule has 0 spiro atoms. The minimum atomic E-state index is -2.96. The maximum absolute atomic E-state index is 14.1. The van der Waals surface area contributed by atoms with Crippen molar-refractivity contribution in [3.63, 3.8) is 0 Å². The van der Waals surface area contributed by atoms with Crippen molar-refractivity contribution in [2.24, 2.45) is 10.9 Å². The lowest BCUT2D eigenvalue weighted by Gasteiger charge is -2.44. The van der Waals surface area contributed by atoms with Gasteiger partial charge in [0.05, 0.1) is 7.11 Å². The van der Waals surface area contributed by atoms with E-state index in [9.17, 15) is 13.2 Å². The summed E-state index contributed by atoms with van der Waals surface area (Å²) in [6.07, 6.45) is 5.09. The van der Waals surface area contributed by atoms with Crippen LogP contribution in [0.5, 0.6) is 0 Å². The van der Waals surface area contributed by atoms with Crippen LogP contribution >= 0.6 is 0 Å². The Morgan fingerprint density at radius 2 is 2.00 bits per heavy atom. The standard InChI is InChI=1S/C30H45F3N6O/c1-7-28(22(2)39-20-24(21-39)19-38(16-14-31)17-15-34-40-6)29(36-23(3)35-26-11-9-12-26)37(5)27-13-8-10-25(18-27)30(4,32)33/h7-8,10,13,18,24,26,34-35H,1,3,9,11-12,14-17,19-21H2,2,4-6H3/b28-22+,36-29+. The fourth-order valence-corrected chi connectivity index (χ4v) is 4.99. The molecule has 1 aromatic rings. The van der Waals surface area contributed by atoms with Crippen molar-refractivity contribution in [2.45, 2.75) is 45.1 Å². The van der Waals surface area contributed by atoms with E-state index >= 15 is 0 Å². The van der Waals surface area contributed by atoms with Gasteiger partial charge >= 0.3 is 0 Å². The first-order valence-corrected chi connectivity index (χ1v) is 14.0. The van der Waals surface area contributed by atoms with Gasteiger partial charge in [0, 0.05) is 87.7 Å². The summed E-state index contributed by atoms with van der Waals surface area (Å²) < 4.78 is 41.4. The molecule has 10 heteroatoms. The monoisotopic (exact) mass is 562 g/mol. The number of nitrogens with zero attached hydrogens (tertiary/aromatic N) is 4. The summed E-state index contributed by atoms with van der Waals surface area (Å²) in [5.41, 5.74) is 5.13. The molecule has 2 fully saturated rings. The Kier molecular flexibility index (Phi) is 11.7. The molecule has 222 valence electrons. The van der Waals surface area contributed by atoms with Crippen LogP contribution in [0.25, 0.3) is 0 Å². The molecule has 7 nitrogen and oxygen atoms in total. The second-order valence-corrected chi connectivity index (χ2v) is 10.7. The average Bonchev–Trinajstić information content (AvgIpc) is 2.87. The highest BCUT2D eigenvalue weighted by Gasteiger charge is 2.31.